The predicted molar refractivity (Wildman–Crippen MR) is 132 cm³/mol. The van der Waals surface area contributed by atoms with Crippen LogP contribution in [-0.4, -0.2) is 79.3 Å². The maximum atomic E-state index is 13.3. The van der Waals surface area contributed by atoms with Crippen molar-refractivity contribution < 1.29 is 23.6 Å². The quantitative estimate of drug-likeness (QED) is 0.694. The fraction of sp³-hybridized carbons (Fsp3) is 0.577. The van der Waals surface area contributed by atoms with Crippen LogP contribution < -0.4 is 10.1 Å². The van der Waals surface area contributed by atoms with Gasteiger partial charge in [0.25, 0.3) is 11.8 Å². The number of nitrogens with one attached hydrogen (secondary N) is 1. The highest BCUT2D eigenvalue weighted by molar-refractivity contribution is 6.03. The van der Waals surface area contributed by atoms with E-state index in [1.807, 2.05) is 0 Å². The summed E-state index contributed by atoms with van der Waals surface area (Å²) in [4.78, 5) is 30.1. The summed E-state index contributed by atoms with van der Waals surface area (Å²) < 4.78 is 17.0. The molecule has 1 N–H and O–H groups in total. The molecule has 1 fully saturated rings. The first-order chi connectivity index (χ1) is 16.7. The van der Waals surface area contributed by atoms with E-state index in [9.17, 15) is 9.59 Å². The van der Waals surface area contributed by atoms with Crippen molar-refractivity contribution in [1.29, 1.82) is 0 Å². The fourth-order valence-corrected chi connectivity index (χ4v) is 4.48. The molecule has 1 aromatic heterocycles. The molecule has 1 aliphatic heterocycles. The van der Waals surface area contributed by atoms with Crippen LogP contribution in [0.4, 0.5) is 5.69 Å². The lowest BCUT2D eigenvalue weighted by Crippen LogP contribution is -2.47. The SMILES string of the molecule is CO[C@@H]1CN(C)C(=O)c2ccc(NC(=O)c3cc(C)on3)cc2OC[C@@H](C)N(CC2CC2)C[C@H]1C. The Kier molecular flexibility index (Phi) is 7.76. The largest absolute Gasteiger partial charge is 0.491 e. The fourth-order valence-electron chi connectivity index (χ4n) is 4.48. The lowest BCUT2D eigenvalue weighted by Gasteiger charge is -2.36. The number of anilines is 1. The highest BCUT2D eigenvalue weighted by Crippen LogP contribution is 2.32. The molecule has 190 valence electrons. The molecule has 2 heterocycles. The molecule has 1 aromatic carbocycles. The highest BCUT2D eigenvalue weighted by atomic mass is 16.5. The van der Waals surface area contributed by atoms with Gasteiger partial charge in [-0.05, 0) is 50.7 Å². The van der Waals surface area contributed by atoms with Crippen molar-refractivity contribution in [2.24, 2.45) is 11.8 Å². The number of benzene rings is 1. The number of fused-ring (bicyclic) bond motifs is 1. The van der Waals surface area contributed by atoms with E-state index >= 15 is 0 Å². The first kappa shape index (κ1) is 25.2. The first-order valence-electron chi connectivity index (χ1n) is 12.3. The van der Waals surface area contributed by atoms with Crippen LogP contribution in [0.25, 0.3) is 0 Å². The number of hydrogen-bond donors (Lipinski definition) is 1. The van der Waals surface area contributed by atoms with Crippen LogP contribution in [0.3, 0.4) is 0 Å². The van der Waals surface area contributed by atoms with Gasteiger partial charge in [-0.2, -0.15) is 0 Å². The zero-order valence-electron chi connectivity index (χ0n) is 21.2. The van der Waals surface area contributed by atoms with Gasteiger partial charge in [-0.3, -0.25) is 14.5 Å². The van der Waals surface area contributed by atoms with E-state index in [2.05, 4.69) is 29.2 Å². The molecule has 0 radical (unpaired) electrons. The molecule has 35 heavy (non-hydrogen) atoms. The van der Waals surface area contributed by atoms with Gasteiger partial charge in [0.05, 0.1) is 11.7 Å². The standard InChI is InChI=1S/C26H36N4O5/c1-16-12-30(13-19-6-7-19)17(2)15-34-23-11-20(27-25(31)22-10-18(3)35-28-22)8-9-21(23)26(32)29(4)14-24(16)33-5/h8-11,16-17,19,24H,6-7,12-15H2,1-5H3,(H,27,31)/t16-,17-,24-/m1/s1. The molecule has 2 aliphatic rings. The molecule has 2 amide bonds. The van der Waals surface area contributed by atoms with Crippen LogP contribution in [0.15, 0.2) is 28.8 Å². The predicted octanol–water partition coefficient (Wildman–Crippen LogP) is 3.45. The molecule has 0 bridgehead atoms. The number of likely N-dealkylation sites (N-methyl/N-ethyl adjacent to an activating group) is 1. The van der Waals surface area contributed by atoms with Crippen molar-refractivity contribution in [1.82, 2.24) is 15.0 Å². The summed E-state index contributed by atoms with van der Waals surface area (Å²) >= 11 is 0. The van der Waals surface area contributed by atoms with Gasteiger partial charge >= 0.3 is 0 Å². The minimum Gasteiger partial charge on any atom is -0.491 e. The van der Waals surface area contributed by atoms with E-state index in [-0.39, 0.29) is 35.6 Å². The molecule has 0 saturated heterocycles. The number of hydrogen-bond acceptors (Lipinski definition) is 7. The first-order valence-corrected chi connectivity index (χ1v) is 12.3. The summed E-state index contributed by atoms with van der Waals surface area (Å²) in [6, 6.07) is 6.82. The second-order valence-corrected chi connectivity index (χ2v) is 9.98. The summed E-state index contributed by atoms with van der Waals surface area (Å²) in [5, 5.41) is 6.58. The van der Waals surface area contributed by atoms with Gasteiger partial charge in [0.15, 0.2) is 5.69 Å². The zero-order chi connectivity index (χ0) is 25.1. The summed E-state index contributed by atoms with van der Waals surface area (Å²) in [7, 11) is 3.49. The Morgan fingerprint density at radius 2 is 2.00 bits per heavy atom. The molecule has 1 aliphatic carbocycles. The van der Waals surface area contributed by atoms with E-state index in [1.165, 1.54) is 12.8 Å². The Hall–Kier alpha value is -2.91. The van der Waals surface area contributed by atoms with Crippen LogP contribution in [0, 0.1) is 18.8 Å². The third-order valence-electron chi connectivity index (χ3n) is 6.88. The van der Waals surface area contributed by atoms with Crippen molar-refractivity contribution in [3.63, 3.8) is 0 Å². The van der Waals surface area contributed by atoms with E-state index in [4.69, 9.17) is 14.0 Å². The Labute approximate surface area is 206 Å². The molecule has 2 aromatic rings. The van der Waals surface area contributed by atoms with Gasteiger partial charge in [-0.25, -0.2) is 0 Å². The van der Waals surface area contributed by atoms with Crippen molar-refractivity contribution in [3.8, 4) is 5.75 Å². The summed E-state index contributed by atoms with van der Waals surface area (Å²) in [6.07, 6.45) is 2.48. The molecule has 0 unspecified atom stereocenters. The summed E-state index contributed by atoms with van der Waals surface area (Å²) in [5.41, 5.74) is 1.16. The Morgan fingerprint density at radius 1 is 1.23 bits per heavy atom. The van der Waals surface area contributed by atoms with Gasteiger partial charge in [0, 0.05) is 57.7 Å². The zero-order valence-corrected chi connectivity index (χ0v) is 21.2. The number of aryl methyl sites for hydroxylation is 1. The van der Waals surface area contributed by atoms with E-state index in [0.29, 0.717) is 35.9 Å². The number of amides is 2. The van der Waals surface area contributed by atoms with Gasteiger partial charge < -0.3 is 24.2 Å². The Morgan fingerprint density at radius 3 is 2.66 bits per heavy atom. The van der Waals surface area contributed by atoms with Gasteiger partial charge in [0.1, 0.15) is 18.1 Å². The number of ether oxygens (including phenoxy) is 2. The van der Waals surface area contributed by atoms with Gasteiger partial charge in [-0.15, -0.1) is 0 Å². The number of rotatable bonds is 5. The van der Waals surface area contributed by atoms with Crippen LogP contribution in [0.1, 0.15) is 53.3 Å². The molecule has 9 nitrogen and oxygen atoms in total. The van der Waals surface area contributed by atoms with Crippen molar-refractivity contribution in [3.05, 3.63) is 41.3 Å². The molecule has 0 spiro atoms. The van der Waals surface area contributed by atoms with E-state index in [0.717, 1.165) is 19.0 Å². The van der Waals surface area contributed by atoms with Gasteiger partial charge in [-0.1, -0.05) is 12.1 Å². The van der Waals surface area contributed by atoms with Gasteiger partial charge in [0.2, 0.25) is 0 Å². The summed E-state index contributed by atoms with van der Waals surface area (Å²) in [6.45, 7) is 8.90. The highest BCUT2D eigenvalue weighted by Gasteiger charge is 2.31. The minimum atomic E-state index is -0.390. The van der Waals surface area contributed by atoms with Crippen molar-refractivity contribution in [2.75, 3.05) is 45.7 Å². The van der Waals surface area contributed by atoms with Crippen molar-refractivity contribution in [2.45, 2.75) is 45.8 Å². The third-order valence-corrected chi connectivity index (χ3v) is 6.88. The number of aromatic nitrogens is 1. The number of carbonyl (C=O) groups is 2. The molecule has 1 saturated carbocycles. The number of methoxy groups -OCH3 is 1. The van der Waals surface area contributed by atoms with Crippen LogP contribution in [0.5, 0.6) is 5.75 Å². The van der Waals surface area contributed by atoms with Crippen LogP contribution >= 0.6 is 0 Å². The van der Waals surface area contributed by atoms with Crippen LogP contribution in [0.2, 0.25) is 0 Å². The lowest BCUT2D eigenvalue weighted by molar-refractivity contribution is 0.00994. The second kappa shape index (κ2) is 10.8. The smallest absolute Gasteiger partial charge is 0.277 e. The molecular formula is C26H36N4O5. The Bertz CT molecular complexity index is 1050. The van der Waals surface area contributed by atoms with E-state index < -0.39 is 0 Å². The third kappa shape index (κ3) is 6.21. The second-order valence-electron chi connectivity index (χ2n) is 9.98. The Balaban J connectivity index is 1.60. The number of carbonyl (C=O) groups excluding carboxylic acids is 2. The normalized spacial score (nSPS) is 24.2. The maximum absolute atomic E-state index is 13.3. The molecule has 4 rings (SSSR count). The molecule has 3 atom stereocenters. The maximum Gasteiger partial charge on any atom is 0.277 e. The topological polar surface area (TPSA) is 97.1 Å². The molecule has 9 heteroatoms. The monoisotopic (exact) mass is 484 g/mol. The average Bonchev–Trinajstić information content (AvgIpc) is 3.55. The van der Waals surface area contributed by atoms with Crippen LogP contribution in [-0.2, 0) is 4.74 Å². The van der Waals surface area contributed by atoms with E-state index in [1.54, 1.807) is 50.2 Å². The molecular weight excluding hydrogens is 448 g/mol. The lowest BCUT2D eigenvalue weighted by atomic mass is 10.0. The number of nitrogens with zero attached hydrogens (tertiary/aromatic N) is 3. The van der Waals surface area contributed by atoms with Crippen molar-refractivity contribution >= 4 is 17.5 Å². The average molecular weight is 485 g/mol. The minimum absolute atomic E-state index is 0.0777. The summed E-state index contributed by atoms with van der Waals surface area (Å²) in [5.74, 6) is 1.46.